The lowest BCUT2D eigenvalue weighted by molar-refractivity contribution is -0.121. The van der Waals surface area contributed by atoms with Crippen LogP contribution in [0.5, 0.6) is 0 Å². The van der Waals surface area contributed by atoms with Gasteiger partial charge >= 0.3 is 0 Å². The molecule has 112 valence electrons. The first kappa shape index (κ1) is 17.3. The maximum Gasteiger partial charge on any atom is 0.237 e. The number of amides is 1. The number of halogens is 1. The summed E-state index contributed by atoms with van der Waals surface area (Å²) >= 11 is 1.59. The summed E-state index contributed by atoms with van der Waals surface area (Å²) in [6.45, 7) is 4.17. The van der Waals surface area contributed by atoms with Gasteiger partial charge in [0, 0.05) is 6.04 Å². The lowest BCUT2D eigenvalue weighted by atomic mass is 9.95. The molecule has 1 heterocycles. The summed E-state index contributed by atoms with van der Waals surface area (Å²) in [5.74, 6) is 0.633. The van der Waals surface area contributed by atoms with Gasteiger partial charge < -0.3 is 10.6 Å². The first-order valence-corrected chi connectivity index (χ1v) is 8.10. The molecule has 1 aliphatic rings. The lowest BCUT2D eigenvalue weighted by Gasteiger charge is -2.31. The van der Waals surface area contributed by atoms with E-state index in [1.54, 1.807) is 11.8 Å². The number of benzene rings is 1. The van der Waals surface area contributed by atoms with Gasteiger partial charge in [-0.3, -0.25) is 4.79 Å². The van der Waals surface area contributed by atoms with Crippen LogP contribution < -0.4 is 10.6 Å². The van der Waals surface area contributed by atoms with Crippen LogP contribution in [0.25, 0.3) is 0 Å². The van der Waals surface area contributed by atoms with E-state index in [0.717, 1.165) is 25.1 Å². The average molecular weight is 315 g/mol. The Kier molecular flexibility index (Phi) is 7.41. The molecule has 3 atom stereocenters. The van der Waals surface area contributed by atoms with Crippen molar-refractivity contribution in [3.8, 4) is 0 Å². The van der Waals surface area contributed by atoms with Crippen LogP contribution in [-0.2, 0) is 4.79 Å². The second-order valence-corrected chi connectivity index (χ2v) is 6.05. The highest BCUT2D eigenvalue weighted by Crippen LogP contribution is 2.27. The zero-order valence-electron chi connectivity index (χ0n) is 12.0. The molecule has 0 bridgehead atoms. The summed E-state index contributed by atoms with van der Waals surface area (Å²) in [5, 5.41) is 6.47. The fourth-order valence-electron chi connectivity index (χ4n) is 2.51. The molecule has 1 aliphatic heterocycles. The number of rotatable bonds is 4. The number of carbonyl (C=O) groups is 1. The molecule has 20 heavy (non-hydrogen) atoms. The summed E-state index contributed by atoms with van der Waals surface area (Å²) < 4.78 is 0. The Morgan fingerprint density at radius 3 is 2.70 bits per heavy atom. The van der Waals surface area contributed by atoms with E-state index in [9.17, 15) is 4.79 Å². The molecule has 0 aromatic heterocycles. The Balaban J connectivity index is 0.00000200. The van der Waals surface area contributed by atoms with Crippen LogP contribution in [-0.4, -0.2) is 31.3 Å². The molecule has 1 amide bonds. The number of hydrogen-bond donors (Lipinski definition) is 2. The van der Waals surface area contributed by atoms with Crippen molar-refractivity contribution < 1.29 is 4.79 Å². The average Bonchev–Trinajstić information content (AvgIpc) is 2.43. The topological polar surface area (TPSA) is 41.1 Å². The first-order chi connectivity index (χ1) is 9.22. The predicted molar refractivity (Wildman–Crippen MR) is 88.5 cm³/mol. The number of piperidine rings is 1. The van der Waals surface area contributed by atoms with Gasteiger partial charge in [0.05, 0.1) is 0 Å². The van der Waals surface area contributed by atoms with Gasteiger partial charge in [0.2, 0.25) is 5.91 Å². The fraction of sp³-hybridized carbons (Fsp3) is 0.533. The van der Waals surface area contributed by atoms with Crippen molar-refractivity contribution in [1.29, 1.82) is 0 Å². The quantitative estimate of drug-likeness (QED) is 0.897. The first-order valence-electron chi connectivity index (χ1n) is 6.81. The summed E-state index contributed by atoms with van der Waals surface area (Å²) in [5.41, 5.74) is 1.08. The van der Waals surface area contributed by atoms with Crippen LogP contribution in [0.2, 0.25) is 0 Å². The van der Waals surface area contributed by atoms with Crippen molar-refractivity contribution in [2.45, 2.75) is 24.6 Å². The highest BCUT2D eigenvalue weighted by atomic mass is 35.5. The summed E-state index contributed by atoms with van der Waals surface area (Å²) in [4.78, 5) is 12.4. The molecular weight excluding hydrogens is 292 g/mol. The highest BCUT2D eigenvalue weighted by Gasteiger charge is 2.26. The third-order valence-corrected chi connectivity index (χ3v) is 4.65. The van der Waals surface area contributed by atoms with E-state index < -0.39 is 0 Å². The van der Waals surface area contributed by atoms with Crippen LogP contribution in [0, 0.1) is 5.92 Å². The van der Waals surface area contributed by atoms with Crippen LogP contribution >= 0.6 is 24.2 Å². The standard InChI is InChI=1S/C15H22N2OS.ClH/c1-11-10-16-9-8-13(11)17-15(18)14(19-2)12-6-4-3-5-7-12;/h3-7,11,13-14,16H,8-10H2,1-2H3,(H,17,18);1H. The van der Waals surface area contributed by atoms with E-state index in [4.69, 9.17) is 0 Å². The predicted octanol–water partition coefficient (Wildman–Crippen LogP) is 2.63. The van der Waals surface area contributed by atoms with Gasteiger partial charge in [-0.2, -0.15) is 0 Å². The summed E-state index contributed by atoms with van der Waals surface area (Å²) in [6.07, 6.45) is 3.01. The maximum absolute atomic E-state index is 12.4. The highest BCUT2D eigenvalue weighted by molar-refractivity contribution is 7.99. The molecule has 0 aliphatic carbocycles. The van der Waals surface area contributed by atoms with Crippen molar-refractivity contribution in [3.63, 3.8) is 0 Å². The molecule has 0 saturated carbocycles. The van der Waals surface area contributed by atoms with Crippen molar-refractivity contribution in [2.75, 3.05) is 19.3 Å². The van der Waals surface area contributed by atoms with Gasteiger partial charge in [0.1, 0.15) is 5.25 Å². The Labute approximate surface area is 131 Å². The minimum Gasteiger partial charge on any atom is -0.352 e. The van der Waals surface area contributed by atoms with Gasteiger partial charge in [-0.15, -0.1) is 24.2 Å². The molecule has 3 nitrogen and oxygen atoms in total. The number of thioether (sulfide) groups is 1. The Hall–Kier alpha value is -0.710. The molecule has 1 saturated heterocycles. The Morgan fingerprint density at radius 1 is 1.40 bits per heavy atom. The second kappa shape index (κ2) is 8.55. The SMILES string of the molecule is CSC(C(=O)NC1CCNCC1C)c1ccccc1.Cl. The van der Waals surface area contributed by atoms with Gasteiger partial charge in [-0.25, -0.2) is 0 Å². The minimum absolute atomic E-state index is 0. The fourth-order valence-corrected chi connectivity index (χ4v) is 3.22. The van der Waals surface area contributed by atoms with Crippen LogP contribution in [0.4, 0.5) is 0 Å². The van der Waals surface area contributed by atoms with E-state index >= 15 is 0 Å². The molecule has 3 unspecified atom stereocenters. The van der Waals surface area contributed by atoms with Crippen LogP contribution in [0.3, 0.4) is 0 Å². The van der Waals surface area contributed by atoms with Crippen molar-refractivity contribution >= 4 is 30.1 Å². The van der Waals surface area contributed by atoms with Gasteiger partial charge in [-0.1, -0.05) is 37.3 Å². The second-order valence-electron chi connectivity index (χ2n) is 5.11. The third kappa shape index (κ3) is 4.40. The normalized spacial score (nSPS) is 23.5. The molecule has 1 aromatic rings. The van der Waals surface area contributed by atoms with E-state index in [1.165, 1.54) is 0 Å². The summed E-state index contributed by atoms with van der Waals surface area (Å²) in [6, 6.07) is 10.3. The Bertz CT molecular complexity index is 416. The van der Waals surface area contributed by atoms with Crippen molar-refractivity contribution in [1.82, 2.24) is 10.6 Å². The minimum atomic E-state index is -0.108. The molecule has 2 N–H and O–H groups in total. The molecule has 1 fully saturated rings. The monoisotopic (exact) mass is 314 g/mol. The number of nitrogens with one attached hydrogen (secondary N) is 2. The van der Waals surface area contributed by atoms with E-state index in [-0.39, 0.29) is 23.6 Å². The third-order valence-electron chi connectivity index (χ3n) is 3.69. The van der Waals surface area contributed by atoms with Crippen molar-refractivity contribution in [3.05, 3.63) is 35.9 Å². The van der Waals surface area contributed by atoms with Gasteiger partial charge in [0.25, 0.3) is 0 Å². The lowest BCUT2D eigenvalue weighted by Crippen LogP contribution is -2.49. The van der Waals surface area contributed by atoms with E-state index in [2.05, 4.69) is 17.6 Å². The van der Waals surface area contributed by atoms with E-state index in [1.807, 2.05) is 36.6 Å². The molecular formula is C15H23ClN2OS. The molecule has 2 rings (SSSR count). The van der Waals surface area contributed by atoms with Crippen molar-refractivity contribution in [2.24, 2.45) is 5.92 Å². The zero-order valence-corrected chi connectivity index (χ0v) is 13.6. The largest absolute Gasteiger partial charge is 0.352 e. The number of carbonyl (C=O) groups excluding carboxylic acids is 1. The summed E-state index contributed by atoms with van der Waals surface area (Å²) in [7, 11) is 0. The number of hydrogen-bond acceptors (Lipinski definition) is 3. The van der Waals surface area contributed by atoms with Crippen LogP contribution in [0.1, 0.15) is 24.2 Å². The van der Waals surface area contributed by atoms with Gasteiger partial charge in [0.15, 0.2) is 0 Å². The zero-order chi connectivity index (χ0) is 13.7. The molecule has 0 radical (unpaired) electrons. The molecule has 1 aromatic carbocycles. The van der Waals surface area contributed by atoms with E-state index in [0.29, 0.717) is 12.0 Å². The maximum atomic E-state index is 12.4. The molecule has 5 heteroatoms. The van der Waals surface area contributed by atoms with Crippen LogP contribution in [0.15, 0.2) is 30.3 Å². The molecule has 0 spiro atoms. The smallest absolute Gasteiger partial charge is 0.237 e. The van der Waals surface area contributed by atoms with Gasteiger partial charge in [-0.05, 0) is 37.2 Å². The Morgan fingerprint density at radius 2 is 2.10 bits per heavy atom.